The number of hydrogen-bond acceptors (Lipinski definition) is 0. The van der Waals surface area contributed by atoms with Crippen molar-refractivity contribution >= 4 is 4.11 Å². The maximum atomic E-state index is 2.14. The van der Waals surface area contributed by atoms with E-state index in [1.807, 2.05) is 0 Å². The zero-order valence-corrected chi connectivity index (χ0v) is 6.17. The Morgan fingerprint density at radius 1 is 1.50 bits per heavy atom. The van der Waals surface area contributed by atoms with Crippen LogP contribution in [0, 0.1) is 0 Å². The van der Waals surface area contributed by atoms with Crippen LogP contribution >= 0.6 is 0 Å². The predicted molar refractivity (Wildman–Crippen MR) is 16.4 cm³/mol. The van der Waals surface area contributed by atoms with Gasteiger partial charge in [0.1, 0.15) is 0 Å². The molecule has 0 aliphatic heterocycles. The zero-order valence-electron chi connectivity index (χ0n) is 3.21. The van der Waals surface area contributed by atoms with Crippen molar-refractivity contribution in [3.05, 3.63) is 0 Å². The Morgan fingerprint density at radius 2 is 1.50 bits per heavy atom. The van der Waals surface area contributed by atoms with E-state index >= 15 is 0 Å². The van der Waals surface area contributed by atoms with Crippen LogP contribution < -0.4 is 0 Å². The summed E-state index contributed by atoms with van der Waals surface area (Å²) in [5, 5.41) is 0. The van der Waals surface area contributed by atoms with Crippen LogP contribution in [0.1, 0.15) is 13.8 Å². The molecule has 20 valence electrons. The number of hydrogen-bond donors (Lipinski definition) is 0. The van der Waals surface area contributed by atoms with Crippen molar-refractivity contribution in [2.24, 2.45) is 0 Å². The summed E-state index contributed by atoms with van der Waals surface area (Å²) >= 11 is 1.35. The van der Waals surface area contributed by atoms with Crippen molar-refractivity contribution in [2.45, 2.75) is 13.8 Å². The fraction of sp³-hybridized carbons (Fsp3) is 0.667. The van der Waals surface area contributed by atoms with Crippen molar-refractivity contribution in [1.29, 1.82) is 0 Å². The first kappa shape index (κ1) is 4.49. The Morgan fingerprint density at radius 3 is 1.50 bits per heavy atom. The minimum absolute atomic E-state index is 1.35. The van der Waals surface area contributed by atoms with Gasteiger partial charge in [-0.05, 0) is 0 Å². The molecule has 0 radical (unpaired) electrons. The maximum absolute atomic E-state index is 2.14. The molecule has 0 fully saturated rings. The van der Waals surface area contributed by atoms with E-state index in [4.69, 9.17) is 0 Å². The summed E-state index contributed by atoms with van der Waals surface area (Å²) < 4.78 is 1.54. The monoisotopic (exact) mass is 106 g/mol. The molecule has 0 saturated heterocycles. The van der Waals surface area contributed by atoms with Crippen LogP contribution in [0.2, 0.25) is 0 Å². The molecule has 0 heterocycles. The SMILES string of the molecule is C[C](C)=[Zn]. The first-order valence-electron chi connectivity index (χ1n) is 1.35. The van der Waals surface area contributed by atoms with Gasteiger partial charge in [-0.3, -0.25) is 0 Å². The van der Waals surface area contributed by atoms with Gasteiger partial charge in [0.25, 0.3) is 0 Å². The minimum atomic E-state index is 1.35. The van der Waals surface area contributed by atoms with Gasteiger partial charge in [0.15, 0.2) is 0 Å². The fourth-order valence-corrected chi connectivity index (χ4v) is 0. The standard InChI is InChI=1S/C3H6.Zn/c1-3-2;/h1-2H3;. The summed E-state index contributed by atoms with van der Waals surface area (Å²) in [6.45, 7) is 4.28. The fourth-order valence-electron chi connectivity index (χ4n) is 0. The van der Waals surface area contributed by atoms with Gasteiger partial charge in [-0.1, -0.05) is 0 Å². The molecule has 0 nitrogen and oxygen atoms in total. The van der Waals surface area contributed by atoms with Gasteiger partial charge < -0.3 is 0 Å². The zero-order chi connectivity index (χ0) is 3.58. The second kappa shape index (κ2) is 1.78. The van der Waals surface area contributed by atoms with E-state index < -0.39 is 0 Å². The Hall–Kier alpha value is 0.493. The first-order chi connectivity index (χ1) is 1.73. The molecule has 0 aliphatic carbocycles. The summed E-state index contributed by atoms with van der Waals surface area (Å²) in [4.78, 5) is 0. The average Bonchev–Trinajstić information content (AvgIpc) is 0.811. The Kier molecular flexibility index (Phi) is 2.00. The van der Waals surface area contributed by atoms with Crippen LogP contribution in [-0.4, -0.2) is 4.11 Å². The van der Waals surface area contributed by atoms with Crippen molar-refractivity contribution in [1.82, 2.24) is 0 Å². The third kappa shape index (κ3) is 22.8. The molecule has 0 amide bonds. The van der Waals surface area contributed by atoms with Gasteiger partial charge >= 0.3 is 35.8 Å². The van der Waals surface area contributed by atoms with Crippen LogP contribution in [0.4, 0.5) is 0 Å². The van der Waals surface area contributed by atoms with Gasteiger partial charge in [-0.2, -0.15) is 0 Å². The molecule has 0 unspecified atom stereocenters. The molecule has 0 bridgehead atoms. The van der Waals surface area contributed by atoms with E-state index in [-0.39, 0.29) is 0 Å². The Labute approximate surface area is 36.4 Å². The van der Waals surface area contributed by atoms with Gasteiger partial charge in [-0.25, -0.2) is 0 Å². The van der Waals surface area contributed by atoms with E-state index in [0.717, 1.165) is 0 Å². The molecule has 4 heavy (non-hydrogen) atoms. The van der Waals surface area contributed by atoms with E-state index in [1.165, 1.54) is 17.9 Å². The summed E-state index contributed by atoms with van der Waals surface area (Å²) in [5.41, 5.74) is 0. The van der Waals surface area contributed by atoms with Crippen LogP contribution in [-0.2, 0) is 17.9 Å². The van der Waals surface area contributed by atoms with Gasteiger partial charge in [0.05, 0.1) is 0 Å². The molecular weight excluding hydrogens is 101 g/mol. The predicted octanol–water partition coefficient (Wildman–Crippen LogP) is 0.745. The molecular formula is C3H6Zn. The van der Waals surface area contributed by atoms with E-state index in [0.29, 0.717) is 0 Å². The number of rotatable bonds is 0. The summed E-state index contributed by atoms with van der Waals surface area (Å²) in [6.07, 6.45) is 0. The third-order valence-corrected chi connectivity index (χ3v) is 0. The molecule has 0 aromatic rings. The molecule has 0 N–H and O–H groups in total. The molecule has 0 rings (SSSR count). The second-order valence-corrected chi connectivity index (χ2v) is 4.17. The van der Waals surface area contributed by atoms with Gasteiger partial charge in [-0.15, -0.1) is 0 Å². The van der Waals surface area contributed by atoms with Gasteiger partial charge in [0.2, 0.25) is 0 Å². The van der Waals surface area contributed by atoms with Crippen LogP contribution in [0.25, 0.3) is 0 Å². The topological polar surface area (TPSA) is 0 Å². The van der Waals surface area contributed by atoms with Crippen LogP contribution in [0.5, 0.6) is 0 Å². The van der Waals surface area contributed by atoms with Crippen LogP contribution in [0.15, 0.2) is 0 Å². The van der Waals surface area contributed by atoms with Crippen molar-refractivity contribution < 1.29 is 17.9 Å². The van der Waals surface area contributed by atoms with E-state index in [2.05, 4.69) is 13.8 Å². The molecule has 0 aliphatic rings. The van der Waals surface area contributed by atoms with Crippen LogP contribution in [0.3, 0.4) is 0 Å². The van der Waals surface area contributed by atoms with Crippen molar-refractivity contribution in [3.8, 4) is 0 Å². The average molecular weight is 107 g/mol. The molecule has 0 aromatic carbocycles. The van der Waals surface area contributed by atoms with Gasteiger partial charge in [0, 0.05) is 0 Å². The molecule has 0 aromatic heterocycles. The quantitative estimate of drug-likeness (QED) is 0.401. The second-order valence-electron chi connectivity index (χ2n) is 1.21. The Bertz CT molecular complexity index is 26.3. The van der Waals surface area contributed by atoms with E-state index in [1.54, 1.807) is 4.11 Å². The molecule has 0 atom stereocenters. The summed E-state index contributed by atoms with van der Waals surface area (Å²) in [5.74, 6) is 0. The molecule has 0 saturated carbocycles. The van der Waals surface area contributed by atoms with Crippen molar-refractivity contribution in [3.63, 3.8) is 0 Å². The van der Waals surface area contributed by atoms with E-state index in [9.17, 15) is 0 Å². The normalized spacial score (nSPS) is 7.00. The first-order valence-corrected chi connectivity index (χ1v) is 2.84. The summed E-state index contributed by atoms with van der Waals surface area (Å²) in [6, 6.07) is 0. The summed E-state index contributed by atoms with van der Waals surface area (Å²) in [7, 11) is 0. The van der Waals surface area contributed by atoms with Crippen molar-refractivity contribution in [2.75, 3.05) is 0 Å². The molecule has 1 heteroatoms. The third-order valence-electron chi connectivity index (χ3n) is 0. The Balaban J connectivity index is 2.80. The molecule has 0 spiro atoms.